The van der Waals surface area contributed by atoms with Crippen molar-refractivity contribution in [1.82, 2.24) is 0 Å². The maximum atomic E-state index is 13.1. The summed E-state index contributed by atoms with van der Waals surface area (Å²) >= 11 is 0. The number of methoxy groups -OCH3 is 4. The molecule has 36 heavy (non-hydrogen) atoms. The predicted molar refractivity (Wildman–Crippen MR) is 134 cm³/mol. The molecule has 0 N–H and O–H groups in total. The molecular weight excluding hydrogens is 462 g/mol. The van der Waals surface area contributed by atoms with Gasteiger partial charge in [0.2, 0.25) is 11.6 Å². The van der Waals surface area contributed by atoms with Crippen molar-refractivity contribution in [2.45, 2.75) is 0 Å². The summed E-state index contributed by atoms with van der Waals surface area (Å²) in [5.74, 6) is 2.74. The number of hydrogen-bond acceptors (Lipinski definition) is 8. The zero-order valence-electron chi connectivity index (χ0n) is 20.2. The predicted octanol–water partition coefficient (Wildman–Crippen LogP) is 4.87. The van der Waals surface area contributed by atoms with E-state index in [2.05, 4.69) is 4.99 Å². The van der Waals surface area contributed by atoms with Crippen LogP contribution >= 0.6 is 0 Å². The number of nitrogens with zero attached hydrogens (tertiary/aromatic N) is 1. The summed E-state index contributed by atoms with van der Waals surface area (Å²) in [5, 5.41) is 0. The molecule has 3 aromatic rings. The lowest BCUT2D eigenvalue weighted by atomic mass is 9.97. The molecule has 0 amide bonds. The van der Waals surface area contributed by atoms with Gasteiger partial charge < -0.3 is 28.4 Å². The smallest absolute Gasteiger partial charge is 0.364 e. The highest BCUT2D eigenvalue weighted by Gasteiger charge is 2.31. The quantitative estimate of drug-likeness (QED) is 0.364. The number of carbonyl (C=O) groups excluding carboxylic acids is 1. The Bertz CT molecular complexity index is 1410. The number of ether oxygens (including phenoxy) is 6. The standard InChI is InChI=1S/C28H23NO7/c1-31-18-11-9-16(10-12-18)22-15-20(19-7-5-6-8-21(19)35-22)25-28(30)36-27(29-25)17-13-23(32-2)26(34-4)24(14-17)33-3/h5-15H,1-4H3. The van der Waals surface area contributed by atoms with Gasteiger partial charge in [-0.15, -0.1) is 0 Å². The maximum Gasteiger partial charge on any atom is 0.364 e. The number of fused-ring (bicyclic) bond motifs is 1. The third kappa shape index (κ3) is 4.02. The van der Waals surface area contributed by atoms with Gasteiger partial charge in [-0.05, 0) is 48.5 Å². The SMILES string of the molecule is COc1ccc(C2=CC(=C3N=C(c4cc(OC)c(OC)c(OC)c4)OC3=O)c3ccccc3O2)cc1. The fraction of sp³-hybridized carbons (Fsp3) is 0.143. The van der Waals surface area contributed by atoms with Gasteiger partial charge in [-0.2, -0.15) is 0 Å². The fourth-order valence-corrected chi connectivity index (χ4v) is 4.03. The summed E-state index contributed by atoms with van der Waals surface area (Å²) < 4.78 is 33.2. The van der Waals surface area contributed by atoms with Crippen molar-refractivity contribution in [2.24, 2.45) is 4.99 Å². The van der Waals surface area contributed by atoms with E-state index in [0.717, 1.165) is 16.9 Å². The number of para-hydroxylation sites is 1. The van der Waals surface area contributed by atoms with Crippen LogP contribution in [0.4, 0.5) is 0 Å². The zero-order valence-corrected chi connectivity index (χ0v) is 20.2. The van der Waals surface area contributed by atoms with Crippen molar-refractivity contribution in [2.75, 3.05) is 28.4 Å². The molecule has 2 aliphatic rings. The highest BCUT2D eigenvalue weighted by molar-refractivity contribution is 6.16. The second-order valence-corrected chi connectivity index (χ2v) is 7.82. The van der Waals surface area contributed by atoms with Crippen LogP contribution in [0.5, 0.6) is 28.7 Å². The van der Waals surface area contributed by atoms with E-state index in [9.17, 15) is 4.79 Å². The molecule has 182 valence electrons. The number of hydrogen-bond donors (Lipinski definition) is 0. The third-order valence-electron chi connectivity index (χ3n) is 5.81. The average molecular weight is 485 g/mol. The van der Waals surface area contributed by atoms with Crippen LogP contribution in [0.25, 0.3) is 11.3 Å². The number of esters is 1. The van der Waals surface area contributed by atoms with Gasteiger partial charge in [0.1, 0.15) is 17.3 Å². The first-order chi connectivity index (χ1) is 17.6. The zero-order chi connectivity index (χ0) is 25.2. The number of aliphatic imine (C=N–C) groups is 1. The highest BCUT2D eigenvalue weighted by atomic mass is 16.6. The summed E-state index contributed by atoms with van der Waals surface area (Å²) in [6.07, 6.45) is 1.79. The Labute approximate surface area is 208 Å². The Balaban J connectivity index is 1.64. The molecule has 0 atom stereocenters. The lowest BCUT2D eigenvalue weighted by molar-refractivity contribution is -0.129. The van der Waals surface area contributed by atoms with Crippen LogP contribution in [-0.4, -0.2) is 40.3 Å². The average Bonchev–Trinajstić information content (AvgIpc) is 3.32. The minimum absolute atomic E-state index is 0.130. The van der Waals surface area contributed by atoms with Gasteiger partial charge in [-0.1, -0.05) is 18.2 Å². The summed E-state index contributed by atoms with van der Waals surface area (Å²) in [5.41, 5.74) is 2.82. The molecule has 8 nitrogen and oxygen atoms in total. The Morgan fingerprint density at radius 3 is 2.08 bits per heavy atom. The van der Waals surface area contributed by atoms with Crippen molar-refractivity contribution >= 4 is 23.2 Å². The fourth-order valence-electron chi connectivity index (χ4n) is 4.03. The Morgan fingerprint density at radius 1 is 0.750 bits per heavy atom. The first-order valence-corrected chi connectivity index (χ1v) is 11.0. The van der Waals surface area contributed by atoms with Crippen molar-refractivity contribution < 1.29 is 33.2 Å². The van der Waals surface area contributed by atoms with E-state index in [0.29, 0.717) is 39.9 Å². The number of benzene rings is 3. The van der Waals surface area contributed by atoms with Crippen molar-refractivity contribution in [3.8, 4) is 28.7 Å². The van der Waals surface area contributed by atoms with Gasteiger partial charge in [-0.3, -0.25) is 0 Å². The number of carbonyl (C=O) groups is 1. The van der Waals surface area contributed by atoms with E-state index in [1.807, 2.05) is 48.5 Å². The molecule has 2 heterocycles. The molecule has 0 aliphatic carbocycles. The van der Waals surface area contributed by atoms with Crippen LogP contribution < -0.4 is 23.7 Å². The van der Waals surface area contributed by atoms with Crippen LogP contribution in [0, 0.1) is 0 Å². The van der Waals surface area contributed by atoms with Crippen molar-refractivity contribution in [3.05, 3.63) is 89.1 Å². The van der Waals surface area contributed by atoms with Crippen molar-refractivity contribution in [1.29, 1.82) is 0 Å². The van der Waals surface area contributed by atoms with Gasteiger partial charge >= 0.3 is 5.97 Å². The molecule has 2 aliphatic heterocycles. The monoisotopic (exact) mass is 485 g/mol. The van der Waals surface area contributed by atoms with Gasteiger partial charge in [0.05, 0.1) is 28.4 Å². The van der Waals surface area contributed by atoms with Crippen LogP contribution in [0.1, 0.15) is 16.7 Å². The molecule has 0 radical (unpaired) electrons. The highest BCUT2D eigenvalue weighted by Crippen LogP contribution is 2.42. The normalized spacial score (nSPS) is 16.3. The summed E-state index contributed by atoms with van der Waals surface area (Å²) in [6, 6.07) is 18.3. The molecule has 5 rings (SSSR count). The molecule has 0 saturated carbocycles. The van der Waals surface area contributed by atoms with Gasteiger partial charge in [0.25, 0.3) is 0 Å². The van der Waals surface area contributed by atoms with Gasteiger partial charge in [0, 0.05) is 22.3 Å². The number of rotatable bonds is 6. The maximum absolute atomic E-state index is 13.1. The minimum atomic E-state index is -0.573. The number of cyclic esters (lactones) is 1. The first-order valence-electron chi connectivity index (χ1n) is 11.0. The molecule has 0 fully saturated rings. The summed E-state index contributed by atoms with van der Waals surface area (Å²) in [4.78, 5) is 17.6. The lowest BCUT2D eigenvalue weighted by Gasteiger charge is -2.20. The lowest BCUT2D eigenvalue weighted by Crippen LogP contribution is -2.09. The molecule has 0 spiro atoms. The summed E-state index contributed by atoms with van der Waals surface area (Å²) in [6.45, 7) is 0. The minimum Gasteiger partial charge on any atom is -0.497 e. The van der Waals surface area contributed by atoms with E-state index in [1.165, 1.54) is 21.3 Å². The summed E-state index contributed by atoms with van der Waals surface area (Å²) in [7, 11) is 6.16. The molecule has 8 heteroatoms. The molecule has 0 bridgehead atoms. The van der Waals surface area contributed by atoms with Gasteiger partial charge in [0.15, 0.2) is 17.2 Å². The molecular formula is C28H23NO7. The van der Waals surface area contributed by atoms with Crippen LogP contribution in [0.2, 0.25) is 0 Å². The van der Waals surface area contributed by atoms with Crippen LogP contribution in [0.3, 0.4) is 0 Å². The third-order valence-corrected chi connectivity index (χ3v) is 5.81. The Hall–Kier alpha value is -4.72. The van der Waals surface area contributed by atoms with E-state index >= 15 is 0 Å². The van der Waals surface area contributed by atoms with E-state index in [4.69, 9.17) is 28.4 Å². The topological polar surface area (TPSA) is 84.8 Å². The molecule has 3 aromatic carbocycles. The molecule has 0 aromatic heterocycles. The van der Waals surface area contributed by atoms with E-state index in [1.54, 1.807) is 25.3 Å². The Morgan fingerprint density at radius 2 is 1.44 bits per heavy atom. The molecule has 0 unspecified atom stereocenters. The van der Waals surface area contributed by atoms with E-state index < -0.39 is 5.97 Å². The molecule has 0 saturated heterocycles. The first kappa shape index (κ1) is 23.0. The Kier molecular flexibility index (Phi) is 6.08. The van der Waals surface area contributed by atoms with Crippen LogP contribution in [-0.2, 0) is 9.53 Å². The van der Waals surface area contributed by atoms with Crippen molar-refractivity contribution in [3.63, 3.8) is 0 Å². The second-order valence-electron chi connectivity index (χ2n) is 7.82. The van der Waals surface area contributed by atoms with Gasteiger partial charge in [-0.25, -0.2) is 9.79 Å². The second kappa shape index (κ2) is 9.50. The largest absolute Gasteiger partial charge is 0.497 e. The van der Waals surface area contributed by atoms with E-state index in [-0.39, 0.29) is 11.6 Å². The van der Waals surface area contributed by atoms with Crippen LogP contribution in [0.15, 0.2) is 77.4 Å². The number of allylic oxidation sites excluding steroid dienone is 2.